The molecule has 0 aliphatic carbocycles. The van der Waals surface area contributed by atoms with Gasteiger partial charge in [-0.2, -0.15) is 0 Å². The molecule has 1 saturated heterocycles. The molecule has 0 aromatic heterocycles. The van der Waals surface area contributed by atoms with Crippen LogP contribution in [0.2, 0.25) is 0 Å². The van der Waals surface area contributed by atoms with Crippen molar-refractivity contribution < 1.29 is 14.7 Å². The number of carbonyl (C=O) groups excluding carboxylic acids is 1. The number of likely N-dealkylation sites (tertiary alicyclic amines) is 1. The van der Waals surface area contributed by atoms with Crippen LogP contribution < -0.4 is 5.32 Å². The number of carbonyl (C=O) groups is 2. The van der Waals surface area contributed by atoms with Gasteiger partial charge in [0.1, 0.15) is 0 Å². The molecule has 2 rings (SSSR count). The highest BCUT2D eigenvalue weighted by Crippen LogP contribution is 2.20. The van der Waals surface area contributed by atoms with Crippen molar-refractivity contribution in [1.29, 1.82) is 0 Å². The van der Waals surface area contributed by atoms with E-state index in [0.29, 0.717) is 25.9 Å². The normalized spacial score (nSPS) is 18.0. The molecule has 0 spiro atoms. The van der Waals surface area contributed by atoms with E-state index in [-0.39, 0.29) is 36.3 Å². The first-order valence-electron chi connectivity index (χ1n) is 8.78. The zero-order valence-electron chi connectivity index (χ0n) is 15.2. The van der Waals surface area contributed by atoms with E-state index < -0.39 is 5.97 Å². The van der Waals surface area contributed by atoms with Crippen LogP contribution in [-0.4, -0.2) is 41.0 Å². The number of piperidine rings is 1. The maximum Gasteiger partial charge on any atom is 0.306 e. The monoisotopic (exact) mass is 368 g/mol. The first-order chi connectivity index (χ1) is 11.4. The number of nitrogens with zero attached hydrogens (tertiary/aromatic N) is 1. The van der Waals surface area contributed by atoms with Gasteiger partial charge < -0.3 is 10.4 Å². The molecule has 1 aromatic rings. The summed E-state index contributed by atoms with van der Waals surface area (Å²) in [6, 6.07) is 8.04. The second-order valence-corrected chi connectivity index (χ2v) is 6.65. The third-order valence-electron chi connectivity index (χ3n) is 5.05. The van der Waals surface area contributed by atoms with E-state index in [4.69, 9.17) is 5.11 Å². The number of nitrogens with one attached hydrogen (secondary N) is 1. The molecule has 1 aliphatic heterocycles. The van der Waals surface area contributed by atoms with Crippen molar-refractivity contribution in [3.8, 4) is 0 Å². The predicted octanol–water partition coefficient (Wildman–Crippen LogP) is 3.03. The lowest BCUT2D eigenvalue weighted by molar-refractivity contribution is -0.143. The minimum Gasteiger partial charge on any atom is -0.481 e. The summed E-state index contributed by atoms with van der Waals surface area (Å²) in [7, 11) is 0. The SMILES string of the molecule is CCc1ccc(C(C)NC(=O)C(C)N2CCC(C(=O)O)CC2)cc1.Cl. The number of hydrogen-bond donors (Lipinski definition) is 2. The van der Waals surface area contributed by atoms with E-state index >= 15 is 0 Å². The summed E-state index contributed by atoms with van der Waals surface area (Å²) in [6.45, 7) is 7.32. The lowest BCUT2D eigenvalue weighted by Crippen LogP contribution is -2.49. The predicted molar refractivity (Wildman–Crippen MR) is 101 cm³/mol. The highest BCUT2D eigenvalue weighted by Gasteiger charge is 2.29. The fraction of sp³-hybridized carbons (Fsp3) is 0.579. The summed E-state index contributed by atoms with van der Waals surface area (Å²) in [5.74, 6) is -1.00. The highest BCUT2D eigenvalue weighted by molar-refractivity contribution is 5.85. The Kier molecular flexibility index (Phi) is 8.39. The van der Waals surface area contributed by atoms with Gasteiger partial charge in [-0.15, -0.1) is 12.4 Å². The lowest BCUT2D eigenvalue weighted by Gasteiger charge is -2.34. The fourth-order valence-corrected chi connectivity index (χ4v) is 3.16. The van der Waals surface area contributed by atoms with Gasteiger partial charge in [0.05, 0.1) is 18.0 Å². The Bertz CT molecular complexity index is 569. The lowest BCUT2D eigenvalue weighted by atomic mass is 9.96. The minimum absolute atomic E-state index is 0. The van der Waals surface area contributed by atoms with Gasteiger partial charge in [0, 0.05) is 0 Å². The summed E-state index contributed by atoms with van der Waals surface area (Å²) in [4.78, 5) is 25.6. The second-order valence-electron chi connectivity index (χ2n) is 6.65. The molecule has 25 heavy (non-hydrogen) atoms. The molecule has 2 atom stereocenters. The van der Waals surface area contributed by atoms with Crippen molar-refractivity contribution in [2.24, 2.45) is 5.92 Å². The maximum atomic E-state index is 12.5. The van der Waals surface area contributed by atoms with Crippen molar-refractivity contribution in [2.75, 3.05) is 13.1 Å². The summed E-state index contributed by atoms with van der Waals surface area (Å²) >= 11 is 0. The van der Waals surface area contributed by atoms with Crippen molar-refractivity contribution in [3.63, 3.8) is 0 Å². The molecule has 1 aliphatic rings. The molecule has 5 nitrogen and oxygen atoms in total. The van der Waals surface area contributed by atoms with Gasteiger partial charge in [-0.1, -0.05) is 31.2 Å². The zero-order valence-corrected chi connectivity index (χ0v) is 16.0. The number of amides is 1. The first kappa shape index (κ1) is 21.5. The van der Waals surface area contributed by atoms with Gasteiger partial charge in [0.15, 0.2) is 0 Å². The molecular weight excluding hydrogens is 340 g/mol. The molecule has 2 unspecified atom stereocenters. The summed E-state index contributed by atoms with van der Waals surface area (Å²) in [6.07, 6.45) is 2.23. The summed E-state index contributed by atoms with van der Waals surface area (Å²) in [5.41, 5.74) is 2.38. The number of aliphatic carboxylic acids is 1. The van der Waals surface area contributed by atoms with E-state index in [1.54, 1.807) is 0 Å². The maximum absolute atomic E-state index is 12.5. The molecule has 1 fully saturated rings. The first-order valence-corrected chi connectivity index (χ1v) is 8.78. The standard InChI is InChI=1S/C19H28N2O3.ClH/c1-4-15-5-7-16(8-6-15)13(2)20-18(22)14(3)21-11-9-17(10-12-21)19(23)24;/h5-8,13-14,17H,4,9-12H2,1-3H3,(H,20,22)(H,23,24);1H. The Morgan fingerprint density at radius 3 is 2.24 bits per heavy atom. The molecule has 140 valence electrons. The van der Waals surface area contributed by atoms with Gasteiger partial charge in [-0.05, 0) is 57.3 Å². The van der Waals surface area contributed by atoms with Crippen LogP contribution >= 0.6 is 12.4 Å². The van der Waals surface area contributed by atoms with Gasteiger partial charge in [0.25, 0.3) is 0 Å². The van der Waals surface area contributed by atoms with Gasteiger partial charge >= 0.3 is 5.97 Å². The molecule has 0 radical (unpaired) electrons. The van der Waals surface area contributed by atoms with Crippen molar-refractivity contribution in [1.82, 2.24) is 10.2 Å². The third kappa shape index (κ3) is 5.72. The van der Waals surface area contributed by atoms with Crippen LogP contribution in [-0.2, 0) is 16.0 Å². The quantitative estimate of drug-likeness (QED) is 0.809. The Balaban J connectivity index is 0.00000312. The smallest absolute Gasteiger partial charge is 0.306 e. The molecule has 1 heterocycles. The van der Waals surface area contributed by atoms with Crippen LogP contribution in [0.15, 0.2) is 24.3 Å². The Morgan fingerprint density at radius 1 is 1.20 bits per heavy atom. The van der Waals surface area contributed by atoms with Crippen molar-refractivity contribution in [3.05, 3.63) is 35.4 Å². The number of benzene rings is 1. The summed E-state index contributed by atoms with van der Waals surface area (Å²) in [5, 5.41) is 12.1. The molecule has 1 aromatic carbocycles. The molecule has 0 bridgehead atoms. The van der Waals surface area contributed by atoms with E-state index in [9.17, 15) is 9.59 Å². The number of carboxylic acids is 1. The van der Waals surface area contributed by atoms with Crippen LogP contribution in [0.5, 0.6) is 0 Å². The molecule has 1 amide bonds. The Morgan fingerprint density at radius 2 is 1.76 bits per heavy atom. The van der Waals surface area contributed by atoms with Crippen LogP contribution in [0.1, 0.15) is 50.8 Å². The van der Waals surface area contributed by atoms with Crippen LogP contribution in [0.4, 0.5) is 0 Å². The van der Waals surface area contributed by atoms with Crippen molar-refractivity contribution >= 4 is 24.3 Å². The molecule has 6 heteroatoms. The van der Waals surface area contributed by atoms with Crippen molar-refractivity contribution in [2.45, 2.75) is 52.1 Å². The van der Waals surface area contributed by atoms with E-state index in [2.05, 4.69) is 41.4 Å². The Labute approximate surface area is 156 Å². The highest BCUT2D eigenvalue weighted by atomic mass is 35.5. The minimum atomic E-state index is -0.726. The van der Waals surface area contributed by atoms with E-state index in [1.165, 1.54) is 5.56 Å². The average molecular weight is 369 g/mol. The fourth-order valence-electron chi connectivity index (χ4n) is 3.16. The zero-order chi connectivity index (χ0) is 17.7. The average Bonchev–Trinajstić information content (AvgIpc) is 2.61. The summed E-state index contributed by atoms with van der Waals surface area (Å²) < 4.78 is 0. The van der Waals surface area contributed by atoms with Gasteiger partial charge in [0.2, 0.25) is 5.91 Å². The van der Waals surface area contributed by atoms with Gasteiger partial charge in [-0.25, -0.2) is 0 Å². The second kappa shape index (κ2) is 9.78. The third-order valence-corrected chi connectivity index (χ3v) is 5.05. The number of hydrogen-bond acceptors (Lipinski definition) is 3. The van der Waals surface area contributed by atoms with Crippen LogP contribution in [0.25, 0.3) is 0 Å². The van der Waals surface area contributed by atoms with Crippen LogP contribution in [0, 0.1) is 5.92 Å². The van der Waals surface area contributed by atoms with E-state index in [0.717, 1.165) is 12.0 Å². The van der Waals surface area contributed by atoms with E-state index in [1.807, 2.05) is 13.8 Å². The molecular formula is C19H29ClN2O3. The largest absolute Gasteiger partial charge is 0.481 e. The molecule has 2 N–H and O–H groups in total. The van der Waals surface area contributed by atoms with Crippen LogP contribution in [0.3, 0.4) is 0 Å². The topological polar surface area (TPSA) is 69.6 Å². The number of halogens is 1. The van der Waals surface area contributed by atoms with Gasteiger partial charge in [-0.3, -0.25) is 14.5 Å². The number of rotatable bonds is 6. The molecule has 0 saturated carbocycles. The number of aryl methyl sites for hydroxylation is 1. The number of carboxylic acid groups (broad SMARTS) is 1. The Hall–Kier alpha value is -1.59.